The van der Waals surface area contributed by atoms with Crippen molar-refractivity contribution in [3.8, 4) is 5.75 Å². The van der Waals surface area contributed by atoms with Crippen LogP contribution in [0.15, 0.2) is 48.5 Å². The van der Waals surface area contributed by atoms with E-state index in [9.17, 15) is 4.79 Å². The number of rotatable bonds is 5. The van der Waals surface area contributed by atoms with Gasteiger partial charge in [-0.3, -0.25) is 4.79 Å². The molecule has 0 heterocycles. The molecule has 1 amide bonds. The first-order valence-corrected chi connectivity index (χ1v) is 6.45. The van der Waals surface area contributed by atoms with Crippen LogP contribution in [0, 0.1) is 6.92 Å². The summed E-state index contributed by atoms with van der Waals surface area (Å²) in [5.74, 6) is 0.370. The van der Waals surface area contributed by atoms with Crippen LogP contribution in [0.2, 0.25) is 0 Å². The quantitative estimate of drug-likeness (QED) is 0.819. The van der Waals surface area contributed by atoms with E-state index in [1.807, 2.05) is 49.4 Å². The number of anilines is 1. The van der Waals surface area contributed by atoms with Gasteiger partial charge in [0.15, 0.2) is 6.61 Å². The zero-order chi connectivity index (χ0) is 14.4. The highest BCUT2D eigenvalue weighted by atomic mass is 16.5. The van der Waals surface area contributed by atoms with E-state index in [1.54, 1.807) is 6.07 Å². The summed E-state index contributed by atoms with van der Waals surface area (Å²) in [6, 6.07) is 15.2. The smallest absolute Gasteiger partial charge is 0.258 e. The van der Waals surface area contributed by atoms with Crippen LogP contribution in [-0.4, -0.2) is 12.5 Å². The average Bonchev–Trinajstić information content (AvgIpc) is 2.48. The van der Waals surface area contributed by atoms with Crippen molar-refractivity contribution in [3.63, 3.8) is 0 Å². The normalized spacial score (nSPS) is 10.1. The van der Waals surface area contributed by atoms with Gasteiger partial charge in [-0.2, -0.15) is 0 Å². The van der Waals surface area contributed by atoms with Crippen LogP contribution < -0.4 is 15.8 Å². The third-order valence-electron chi connectivity index (χ3n) is 2.98. The van der Waals surface area contributed by atoms with E-state index in [0.717, 1.165) is 11.1 Å². The fourth-order valence-corrected chi connectivity index (χ4v) is 1.77. The number of nitrogens with one attached hydrogen (secondary N) is 1. The minimum absolute atomic E-state index is 0.0412. The molecule has 0 radical (unpaired) electrons. The molecule has 0 atom stereocenters. The summed E-state index contributed by atoms with van der Waals surface area (Å²) < 4.78 is 5.43. The van der Waals surface area contributed by atoms with E-state index >= 15 is 0 Å². The summed E-state index contributed by atoms with van der Waals surface area (Å²) >= 11 is 0. The van der Waals surface area contributed by atoms with Crippen LogP contribution in [0.1, 0.15) is 11.1 Å². The molecule has 0 saturated heterocycles. The summed E-state index contributed by atoms with van der Waals surface area (Å²) in [5.41, 5.74) is 8.44. The van der Waals surface area contributed by atoms with Crippen LogP contribution in [-0.2, 0) is 11.3 Å². The molecule has 0 aromatic heterocycles. The lowest BCUT2D eigenvalue weighted by Crippen LogP contribution is -2.28. The Bertz CT molecular complexity index is 582. The second-order valence-corrected chi connectivity index (χ2v) is 4.54. The number of carbonyl (C=O) groups is 1. The van der Waals surface area contributed by atoms with Gasteiger partial charge in [0.05, 0.1) is 5.69 Å². The largest absolute Gasteiger partial charge is 0.482 e. The van der Waals surface area contributed by atoms with E-state index in [1.165, 1.54) is 0 Å². The Morgan fingerprint density at radius 1 is 1.15 bits per heavy atom. The van der Waals surface area contributed by atoms with Gasteiger partial charge in [0.25, 0.3) is 5.91 Å². The van der Waals surface area contributed by atoms with Crippen molar-refractivity contribution in [2.45, 2.75) is 13.5 Å². The van der Waals surface area contributed by atoms with E-state index in [4.69, 9.17) is 10.5 Å². The number of aryl methyl sites for hydroxylation is 1. The molecule has 2 aromatic rings. The van der Waals surface area contributed by atoms with E-state index < -0.39 is 0 Å². The molecular weight excluding hydrogens is 252 g/mol. The second kappa shape index (κ2) is 6.61. The zero-order valence-electron chi connectivity index (χ0n) is 11.4. The number of hydrogen-bond donors (Lipinski definition) is 2. The molecule has 0 aliphatic heterocycles. The number of hydrogen-bond acceptors (Lipinski definition) is 3. The van der Waals surface area contributed by atoms with E-state index in [0.29, 0.717) is 18.0 Å². The Kier molecular flexibility index (Phi) is 4.60. The Balaban J connectivity index is 1.82. The third-order valence-corrected chi connectivity index (χ3v) is 2.98. The lowest BCUT2D eigenvalue weighted by molar-refractivity contribution is -0.123. The Morgan fingerprint density at radius 3 is 2.65 bits per heavy atom. The molecule has 2 rings (SSSR count). The summed E-state index contributed by atoms with van der Waals surface area (Å²) in [4.78, 5) is 11.7. The van der Waals surface area contributed by atoms with Crippen molar-refractivity contribution in [2.24, 2.45) is 0 Å². The lowest BCUT2D eigenvalue weighted by Gasteiger charge is -2.10. The van der Waals surface area contributed by atoms with Gasteiger partial charge in [0.2, 0.25) is 0 Å². The molecule has 0 spiro atoms. The van der Waals surface area contributed by atoms with Gasteiger partial charge >= 0.3 is 0 Å². The average molecular weight is 270 g/mol. The first kappa shape index (κ1) is 13.9. The van der Waals surface area contributed by atoms with Crippen molar-refractivity contribution in [2.75, 3.05) is 12.3 Å². The molecular formula is C16H18N2O2. The van der Waals surface area contributed by atoms with Crippen LogP contribution in [0.5, 0.6) is 5.75 Å². The number of nitrogens with two attached hydrogens (primary N) is 1. The summed E-state index contributed by atoms with van der Waals surface area (Å²) in [7, 11) is 0. The van der Waals surface area contributed by atoms with Gasteiger partial charge in [-0.05, 0) is 24.1 Å². The fourth-order valence-electron chi connectivity index (χ4n) is 1.77. The molecule has 104 valence electrons. The lowest BCUT2D eigenvalue weighted by atomic mass is 10.2. The summed E-state index contributed by atoms with van der Waals surface area (Å²) in [5, 5.41) is 2.80. The molecule has 0 unspecified atom stereocenters. The number of amides is 1. The molecule has 4 heteroatoms. The van der Waals surface area contributed by atoms with Crippen LogP contribution >= 0.6 is 0 Å². The van der Waals surface area contributed by atoms with Crippen molar-refractivity contribution < 1.29 is 9.53 Å². The van der Waals surface area contributed by atoms with Crippen molar-refractivity contribution in [1.29, 1.82) is 0 Å². The maximum absolute atomic E-state index is 11.7. The minimum Gasteiger partial charge on any atom is -0.482 e. The van der Waals surface area contributed by atoms with Crippen LogP contribution in [0.25, 0.3) is 0 Å². The standard InChI is InChI=1S/C16H18N2O2/c1-12-6-5-9-14(16(12)17)20-11-15(19)18-10-13-7-3-2-4-8-13/h2-9H,10-11,17H2,1H3,(H,18,19). The highest BCUT2D eigenvalue weighted by molar-refractivity contribution is 5.77. The first-order valence-electron chi connectivity index (χ1n) is 6.45. The van der Waals surface area contributed by atoms with Crippen LogP contribution in [0.3, 0.4) is 0 Å². The van der Waals surface area contributed by atoms with Gasteiger partial charge in [-0.25, -0.2) is 0 Å². The van der Waals surface area contributed by atoms with Gasteiger partial charge in [-0.1, -0.05) is 42.5 Å². The Labute approximate surface area is 118 Å². The van der Waals surface area contributed by atoms with E-state index in [-0.39, 0.29) is 12.5 Å². The maximum Gasteiger partial charge on any atom is 0.258 e. The monoisotopic (exact) mass is 270 g/mol. The number of ether oxygens (including phenoxy) is 1. The fraction of sp³-hybridized carbons (Fsp3) is 0.188. The first-order chi connectivity index (χ1) is 9.66. The maximum atomic E-state index is 11.7. The van der Waals surface area contributed by atoms with Gasteiger partial charge in [-0.15, -0.1) is 0 Å². The second-order valence-electron chi connectivity index (χ2n) is 4.54. The Hall–Kier alpha value is -2.49. The number of para-hydroxylation sites is 1. The molecule has 0 aliphatic carbocycles. The number of nitrogen functional groups attached to an aromatic ring is 1. The molecule has 0 aliphatic rings. The highest BCUT2D eigenvalue weighted by Gasteiger charge is 2.06. The predicted octanol–water partition coefficient (Wildman–Crippen LogP) is 2.27. The molecule has 0 bridgehead atoms. The van der Waals surface area contributed by atoms with Crippen molar-refractivity contribution in [1.82, 2.24) is 5.32 Å². The molecule has 0 saturated carbocycles. The van der Waals surface area contributed by atoms with Gasteiger partial charge in [0, 0.05) is 6.54 Å². The topological polar surface area (TPSA) is 64.3 Å². The third kappa shape index (κ3) is 3.75. The number of carbonyl (C=O) groups excluding carboxylic acids is 1. The van der Waals surface area contributed by atoms with Crippen molar-refractivity contribution >= 4 is 11.6 Å². The minimum atomic E-state index is -0.172. The summed E-state index contributed by atoms with van der Waals surface area (Å²) in [6.45, 7) is 2.35. The molecule has 4 nitrogen and oxygen atoms in total. The molecule has 3 N–H and O–H groups in total. The van der Waals surface area contributed by atoms with E-state index in [2.05, 4.69) is 5.32 Å². The van der Waals surface area contributed by atoms with Crippen molar-refractivity contribution in [3.05, 3.63) is 59.7 Å². The Morgan fingerprint density at radius 2 is 1.90 bits per heavy atom. The predicted molar refractivity (Wildman–Crippen MR) is 79.4 cm³/mol. The highest BCUT2D eigenvalue weighted by Crippen LogP contribution is 2.23. The van der Waals surface area contributed by atoms with Crippen LogP contribution in [0.4, 0.5) is 5.69 Å². The zero-order valence-corrected chi connectivity index (χ0v) is 11.4. The number of benzene rings is 2. The molecule has 20 heavy (non-hydrogen) atoms. The summed E-state index contributed by atoms with van der Waals surface area (Å²) in [6.07, 6.45) is 0. The van der Waals surface area contributed by atoms with Gasteiger partial charge in [0.1, 0.15) is 5.75 Å². The SMILES string of the molecule is Cc1cccc(OCC(=O)NCc2ccccc2)c1N. The molecule has 2 aromatic carbocycles. The molecule has 0 fully saturated rings. The van der Waals surface area contributed by atoms with Gasteiger partial charge < -0.3 is 15.8 Å².